The van der Waals surface area contributed by atoms with Gasteiger partial charge in [0.05, 0.1) is 17.4 Å². The van der Waals surface area contributed by atoms with E-state index in [0.29, 0.717) is 0 Å². The number of nitrogens with zero attached hydrogens (tertiary/aromatic N) is 3. The minimum atomic E-state index is -0.263. The largest absolute Gasteiger partial charge is 0.377 e. The molecule has 4 aromatic rings. The lowest BCUT2D eigenvalue weighted by Crippen LogP contribution is -2.27. The van der Waals surface area contributed by atoms with Gasteiger partial charge in [-0.15, -0.1) is 24.8 Å². The van der Waals surface area contributed by atoms with Crippen molar-refractivity contribution in [1.82, 2.24) is 15.2 Å². The van der Waals surface area contributed by atoms with Gasteiger partial charge >= 0.3 is 0 Å². The molecule has 174 valence electrons. The Kier molecular flexibility index (Phi) is 7.92. The van der Waals surface area contributed by atoms with Gasteiger partial charge in [0.15, 0.2) is 0 Å². The van der Waals surface area contributed by atoms with Crippen molar-refractivity contribution < 1.29 is 13.9 Å². The monoisotopic (exact) mass is 490 g/mol. The second-order valence-electron chi connectivity index (χ2n) is 7.68. The molecule has 5 rings (SSSR count). The molecule has 0 amide bonds. The van der Waals surface area contributed by atoms with E-state index in [1.807, 2.05) is 24.4 Å². The number of ether oxygens (including phenoxy) is 2. The molecule has 6 nitrogen and oxygen atoms in total. The van der Waals surface area contributed by atoms with Crippen LogP contribution in [0.15, 0.2) is 60.9 Å². The molecular weight excluding hydrogens is 466 g/mol. The van der Waals surface area contributed by atoms with E-state index < -0.39 is 0 Å². The molecule has 1 fully saturated rings. The van der Waals surface area contributed by atoms with Crippen LogP contribution in [0.4, 0.5) is 10.1 Å². The maximum Gasteiger partial charge on any atom is 0.123 e. The molecule has 33 heavy (non-hydrogen) atoms. The van der Waals surface area contributed by atoms with Crippen LogP contribution in [0.1, 0.15) is 0 Å². The van der Waals surface area contributed by atoms with E-state index in [1.54, 1.807) is 32.5 Å². The number of fused-ring (bicyclic) bond motifs is 1. The van der Waals surface area contributed by atoms with E-state index in [0.717, 1.165) is 52.1 Å². The number of benzene rings is 2. The standard InChI is InChI=1S/C24H23FN4O2.2ClH/c1-30-22-13-29(14-23(22)31-2)21-9-10-26-20-8-5-16(11-18(20)21)19-12-27-28-24(19)15-3-6-17(25)7-4-15;;/h3-12,22-23H,13-14H2,1-2H3,(H,27,28);2*1H. The van der Waals surface area contributed by atoms with Crippen molar-refractivity contribution in [3.8, 4) is 22.4 Å². The zero-order valence-corrected chi connectivity index (χ0v) is 19.8. The summed E-state index contributed by atoms with van der Waals surface area (Å²) in [5.74, 6) is -0.263. The fraction of sp³-hybridized carbons (Fsp3) is 0.250. The summed E-state index contributed by atoms with van der Waals surface area (Å²) in [7, 11) is 3.44. The molecule has 2 atom stereocenters. The number of hydrogen-bond donors (Lipinski definition) is 1. The Bertz CT molecular complexity index is 1210. The van der Waals surface area contributed by atoms with Crippen LogP contribution in [0.5, 0.6) is 0 Å². The van der Waals surface area contributed by atoms with Crippen LogP contribution in [0, 0.1) is 5.82 Å². The SMILES string of the molecule is COC1CN(c2ccnc3ccc(-c4cn[nH]c4-c4ccc(F)cc4)cc23)CC1OC.Cl.Cl. The van der Waals surface area contributed by atoms with Crippen molar-refractivity contribution in [3.05, 3.63) is 66.7 Å². The van der Waals surface area contributed by atoms with E-state index in [2.05, 4.69) is 26.1 Å². The number of halogens is 3. The molecule has 2 aromatic carbocycles. The lowest BCUT2D eigenvalue weighted by atomic mass is 9.99. The second-order valence-corrected chi connectivity index (χ2v) is 7.68. The van der Waals surface area contributed by atoms with Crippen LogP contribution in [0.3, 0.4) is 0 Å². The molecule has 1 saturated heterocycles. The Hall–Kier alpha value is -2.71. The average molecular weight is 491 g/mol. The first kappa shape index (κ1) is 24.9. The molecule has 2 aromatic heterocycles. The van der Waals surface area contributed by atoms with Crippen LogP contribution >= 0.6 is 24.8 Å². The third-order valence-corrected chi connectivity index (χ3v) is 5.96. The van der Waals surface area contributed by atoms with Gasteiger partial charge in [0, 0.05) is 55.7 Å². The van der Waals surface area contributed by atoms with E-state index in [1.165, 1.54) is 12.1 Å². The molecule has 1 aliphatic rings. The summed E-state index contributed by atoms with van der Waals surface area (Å²) >= 11 is 0. The Morgan fingerprint density at radius 2 is 1.61 bits per heavy atom. The van der Waals surface area contributed by atoms with Crippen molar-refractivity contribution in [2.45, 2.75) is 12.2 Å². The molecule has 0 saturated carbocycles. The van der Waals surface area contributed by atoms with E-state index in [9.17, 15) is 4.39 Å². The van der Waals surface area contributed by atoms with Crippen LogP contribution in [-0.2, 0) is 9.47 Å². The predicted molar refractivity (Wildman–Crippen MR) is 133 cm³/mol. The summed E-state index contributed by atoms with van der Waals surface area (Å²) < 4.78 is 24.6. The molecule has 3 heterocycles. The quantitative estimate of drug-likeness (QED) is 0.420. The molecule has 1 aliphatic heterocycles. The Morgan fingerprint density at radius 1 is 0.939 bits per heavy atom. The Balaban J connectivity index is 0.00000153. The Morgan fingerprint density at radius 3 is 2.27 bits per heavy atom. The second kappa shape index (κ2) is 10.5. The van der Waals surface area contributed by atoms with Crippen molar-refractivity contribution in [3.63, 3.8) is 0 Å². The van der Waals surface area contributed by atoms with Gasteiger partial charge in [-0.3, -0.25) is 10.1 Å². The number of nitrogens with one attached hydrogen (secondary N) is 1. The fourth-order valence-electron chi connectivity index (χ4n) is 4.31. The highest BCUT2D eigenvalue weighted by Gasteiger charge is 2.33. The molecule has 1 N–H and O–H groups in total. The van der Waals surface area contributed by atoms with Crippen molar-refractivity contribution in [2.75, 3.05) is 32.2 Å². The highest BCUT2D eigenvalue weighted by Crippen LogP contribution is 2.35. The molecule has 2 unspecified atom stereocenters. The van der Waals surface area contributed by atoms with Gasteiger partial charge in [0.2, 0.25) is 0 Å². The first-order chi connectivity index (χ1) is 15.2. The Labute approximate surface area is 203 Å². The van der Waals surface area contributed by atoms with Gasteiger partial charge in [0.25, 0.3) is 0 Å². The summed E-state index contributed by atoms with van der Waals surface area (Å²) in [6, 6.07) is 14.6. The molecular formula is C24H25Cl2FN4O2. The maximum absolute atomic E-state index is 13.4. The number of aromatic amines is 1. The number of H-pyrrole nitrogens is 1. The summed E-state index contributed by atoms with van der Waals surface area (Å²) in [4.78, 5) is 6.83. The van der Waals surface area contributed by atoms with Gasteiger partial charge in [0.1, 0.15) is 18.0 Å². The van der Waals surface area contributed by atoms with E-state index >= 15 is 0 Å². The lowest BCUT2D eigenvalue weighted by Gasteiger charge is -2.20. The highest BCUT2D eigenvalue weighted by atomic mass is 35.5. The molecule has 0 aliphatic carbocycles. The topological polar surface area (TPSA) is 63.3 Å². The third kappa shape index (κ3) is 4.68. The van der Waals surface area contributed by atoms with Gasteiger partial charge in [-0.25, -0.2) is 4.39 Å². The zero-order valence-electron chi connectivity index (χ0n) is 18.2. The maximum atomic E-state index is 13.4. The van der Waals surface area contributed by atoms with Gasteiger partial charge in [-0.2, -0.15) is 5.10 Å². The summed E-state index contributed by atoms with van der Waals surface area (Å²) in [6.07, 6.45) is 3.68. The highest BCUT2D eigenvalue weighted by molar-refractivity contribution is 5.96. The number of rotatable bonds is 5. The van der Waals surface area contributed by atoms with Crippen LogP contribution < -0.4 is 4.90 Å². The average Bonchev–Trinajstić information content (AvgIpc) is 3.46. The molecule has 0 radical (unpaired) electrons. The van der Waals surface area contributed by atoms with Gasteiger partial charge < -0.3 is 14.4 Å². The van der Waals surface area contributed by atoms with Gasteiger partial charge in [-0.05, 0) is 48.0 Å². The number of aromatic nitrogens is 3. The van der Waals surface area contributed by atoms with Crippen molar-refractivity contribution in [1.29, 1.82) is 0 Å². The minimum Gasteiger partial charge on any atom is -0.377 e. The smallest absolute Gasteiger partial charge is 0.123 e. The summed E-state index contributed by atoms with van der Waals surface area (Å²) in [5.41, 5.74) is 5.72. The van der Waals surface area contributed by atoms with E-state index in [4.69, 9.17) is 9.47 Å². The fourth-order valence-corrected chi connectivity index (χ4v) is 4.31. The minimum absolute atomic E-state index is 0. The lowest BCUT2D eigenvalue weighted by molar-refractivity contribution is -0.00461. The van der Waals surface area contributed by atoms with Gasteiger partial charge in [-0.1, -0.05) is 6.07 Å². The number of methoxy groups -OCH3 is 2. The van der Waals surface area contributed by atoms with Crippen molar-refractivity contribution >= 4 is 41.4 Å². The van der Waals surface area contributed by atoms with Crippen molar-refractivity contribution in [2.24, 2.45) is 0 Å². The predicted octanol–water partition coefficient (Wildman–Crippen LogP) is 5.12. The molecule has 9 heteroatoms. The van der Waals surface area contributed by atoms with Crippen LogP contribution in [0.25, 0.3) is 33.3 Å². The normalized spacial score (nSPS) is 17.6. The van der Waals surface area contributed by atoms with Crippen LogP contribution in [-0.4, -0.2) is 54.7 Å². The molecule has 0 bridgehead atoms. The summed E-state index contributed by atoms with van der Waals surface area (Å²) in [5, 5.41) is 8.35. The first-order valence-electron chi connectivity index (χ1n) is 10.2. The summed E-state index contributed by atoms with van der Waals surface area (Å²) in [6.45, 7) is 1.51. The number of pyridine rings is 1. The number of hydrogen-bond acceptors (Lipinski definition) is 5. The first-order valence-corrected chi connectivity index (χ1v) is 10.2. The number of anilines is 1. The third-order valence-electron chi connectivity index (χ3n) is 5.96. The zero-order chi connectivity index (χ0) is 21.4. The van der Waals surface area contributed by atoms with E-state index in [-0.39, 0.29) is 42.8 Å². The van der Waals surface area contributed by atoms with Crippen LogP contribution in [0.2, 0.25) is 0 Å². The molecule has 0 spiro atoms.